The van der Waals surface area contributed by atoms with Crippen molar-refractivity contribution < 1.29 is 57.5 Å². The Morgan fingerprint density at radius 2 is 0.571 bits per heavy atom. The first-order valence-electron chi connectivity index (χ1n) is 39.2. The van der Waals surface area contributed by atoms with Gasteiger partial charge in [0.05, 0.1) is 24.2 Å². The van der Waals surface area contributed by atoms with Crippen molar-refractivity contribution in [2.75, 3.05) is 26.2 Å². The average Bonchev–Trinajstić information content (AvgIpc) is 0.877. The number of ketones is 6. The Morgan fingerprint density at radius 3 is 0.781 bits per heavy atom. The van der Waals surface area contributed by atoms with Crippen LogP contribution in [0.15, 0.2) is 0 Å². The molecule has 0 heterocycles. The summed E-state index contributed by atoms with van der Waals surface area (Å²) in [6.07, 6.45) is 5.68. The topological polar surface area (TPSA) is 381 Å². The zero-order chi connectivity index (χ0) is 85.0. The van der Waals surface area contributed by atoms with Crippen molar-refractivity contribution in [2.45, 2.75) is 344 Å². The molecule has 8 atom stereocenters. The quantitative estimate of drug-likeness (QED) is 0.0264. The molecule has 0 saturated carbocycles. The molecule has 105 heavy (non-hydrogen) atoms. The van der Waals surface area contributed by atoms with Crippen molar-refractivity contribution in [3.05, 3.63) is 0 Å². The molecule has 0 aliphatic carbocycles. The highest BCUT2D eigenvalue weighted by Gasteiger charge is 2.36. The van der Waals surface area contributed by atoms with Gasteiger partial charge in [0.15, 0.2) is 17.3 Å². The van der Waals surface area contributed by atoms with E-state index in [0.29, 0.717) is 89.9 Å². The summed E-state index contributed by atoms with van der Waals surface area (Å²) in [7, 11) is 0. The largest absolute Gasteiger partial charge is 0.356 e. The van der Waals surface area contributed by atoms with Crippen LogP contribution in [-0.2, 0) is 47.9 Å². The monoisotopic (exact) mass is 1500 g/mol. The summed E-state index contributed by atoms with van der Waals surface area (Å²) < 4.78 is 0. The maximum absolute atomic E-state index is 12.6. The van der Waals surface area contributed by atoms with Crippen molar-refractivity contribution in [3.8, 4) is 0 Å². The van der Waals surface area contributed by atoms with Gasteiger partial charge in [0.25, 0.3) is 0 Å². The van der Waals surface area contributed by atoms with Crippen LogP contribution in [0.25, 0.3) is 0 Å². The van der Waals surface area contributed by atoms with Crippen LogP contribution in [0.4, 0.5) is 9.59 Å². The van der Waals surface area contributed by atoms with Crippen LogP contribution in [0.5, 0.6) is 0 Å². The Bertz CT molecular complexity index is 2210. The highest BCUT2D eigenvalue weighted by molar-refractivity contribution is 5.95. The fourth-order valence-corrected chi connectivity index (χ4v) is 8.72. The Hall–Kier alpha value is -5.64. The van der Waals surface area contributed by atoms with Crippen LogP contribution in [0.1, 0.15) is 320 Å². The molecule has 8 amide bonds. The minimum Gasteiger partial charge on any atom is -0.356 e. The number of amides is 8. The molecule has 622 valence electrons. The van der Waals surface area contributed by atoms with Gasteiger partial charge in [-0.25, -0.2) is 9.59 Å². The molecule has 0 aromatic carbocycles. The number of carbonyl (C=O) groups is 12. The van der Waals surface area contributed by atoms with Gasteiger partial charge in [-0.15, -0.1) is 0 Å². The zero-order valence-electron chi connectivity index (χ0n) is 74.1. The van der Waals surface area contributed by atoms with Gasteiger partial charge < -0.3 is 54.8 Å². The fraction of sp³-hybridized carbons (Fsp3) is 0.855. The fourth-order valence-electron chi connectivity index (χ4n) is 8.72. The van der Waals surface area contributed by atoms with Gasteiger partial charge in [-0.3, -0.25) is 47.9 Å². The highest BCUT2D eigenvalue weighted by Crippen LogP contribution is 2.29. The summed E-state index contributed by atoms with van der Waals surface area (Å²) in [5.74, 6) is 2.89. The first-order chi connectivity index (χ1) is 47.3. The van der Waals surface area contributed by atoms with Gasteiger partial charge in [-0.1, -0.05) is 235 Å². The molecule has 0 aliphatic heterocycles. The van der Waals surface area contributed by atoms with E-state index in [2.05, 4.69) is 115 Å². The first kappa shape index (κ1) is 115. The molecule has 0 aromatic heterocycles. The number of Topliss-reactive ketones (excluding diaryl/α,β-unsaturated/α-hetero) is 6. The van der Waals surface area contributed by atoms with E-state index in [9.17, 15) is 57.5 Å². The SMILES string of the molecule is CC(=O)NCCCC(CC(=O)C(N)C(C)C)C(=O)C(C)(C)C.CC(=O)NCCCC(CC(=O)C(N)CC(C)C)C(=O)C(C)(C)C.CC(C)C.CC(C)C.CC(C)C.CC(C)C.CC(C)C(C)C(=O)NC(CCCNC(N)=O)C(=O)C(C)(C)C.CC(C)C(C)C(=O)NC(CCCNC(N)=O)C(=O)C(C)(C)C. The molecular weight excluding hydrogens is 1330 g/mol. The van der Waals surface area contributed by atoms with E-state index in [1.54, 1.807) is 0 Å². The second kappa shape index (κ2) is 61.3. The van der Waals surface area contributed by atoms with E-state index >= 15 is 0 Å². The maximum atomic E-state index is 12.6. The Morgan fingerprint density at radius 1 is 0.333 bits per heavy atom. The normalized spacial score (nSPS) is 13.6. The lowest BCUT2D eigenvalue weighted by Crippen LogP contribution is -2.48. The third kappa shape index (κ3) is 75.0. The number of hydrogen-bond acceptors (Lipinski definition) is 14. The molecule has 0 fully saturated rings. The number of primary amides is 2. The van der Waals surface area contributed by atoms with Crippen LogP contribution < -0.4 is 54.8 Å². The van der Waals surface area contributed by atoms with Gasteiger partial charge in [0, 0.05) is 98.2 Å². The summed E-state index contributed by atoms with van der Waals surface area (Å²) in [6, 6.07) is -3.27. The predicted octanol–water partition coefficient (Wildman–Crippen LogP) is 14.8. The van der Waals surface area contributed by atoms with Crippen LogP contribution >= 0.6 is 0 Å². The summed E-state index contributed by atoms with van der Waals surface area (Å²) in [6.45, 7) is 72.4. The number of carbonyl (C=O) groups excluding carboxylic acids is 12. The first-order valence-corrected chi connectivity index (χ1v) is 39.2. The third-order valence-corrected chi connectivity index (χ3v) is 15.1. The van der Waals surface area contributed by atoms with Gasteiger partial charge >= 0.3 is 12.1 Å². The minimum atomic E-state index is -0.587. The molecule has 0 bridgehead atoms. The zero-order valence-corrected chi connectivity index (χ0v) is 74.1. The van der Waals surface area contributed by atoms with E-state index in [4.69, 9.17) is 22.9 Å². The van der Waals surface area contributed by atoms with Crippen molar-refractivity contribution in [1.29, 1.82) is 0 Å². The van der Waals surface area contributed by atoms with E-state index < -0.39 is 57.9 Å². The Balaban J connectivity index is -0.000000185. The van der Waals surface area contributed by atoms with E-state index in [1.807, 2.05) is 152 Å². The molecule has 22 nitrogen and oxygen atoms in total. The smallest absolute Gasteiger partial charge is 0.312 e. The number of urea groups is 2. The van der Waals surface area contributed by atoms with Gasteiger partial charge in [-0.05, 0) is 105 Å². The minimum absolute atomic E-state index is 0.00381. The second-order valence-electron chi connectivity index (χ2n) is 36.4. The van der Waals surface area contributed by atoms with Crippen molar-refractivity contribution in [1.82, 2.24) is 31.9 Å². The van der Waals surface area contributed by atoms with Crippen LogP contribution in [0.2, 0.25) is 0 Å². The molecular formula is C83H168N10O12. The highest BCUT2D eigenvalue weighted by atomic mass is 16.2. The van der Waals surface area contributed by atoms with E-state index in [0.717, 1.165) is 23.7 Å². The molecule has 14 N–H and O–H groups in total. The third-order valence-electron chi connectivity index (χ3n) is 15.1. The van der Waals surface area contributed by atoms with Crippen LogP contribution in [-0.4, -0.2) is 121 Å². The van der Waals surface area contributed by atoms with Crippen molar-refractivity contribution in [3.63, 3.8) is 0 Å². The Kier molecular flexibility index (Phi) is 67.2. The van der Waals surface area contributed by atoms with Crippen LogP contribution in [0, 0.1) is 92.7 Å². The van der Waals surface area contributed by atoms with Gasteiger partial charge in [0.1, 0.15) is 17.3 Å². The molecule has 0 radical (unpaired) electrons. The number of hydrogen-bond donors (Lipinski definition) is 10. The lowest BCUT2D eigenvalue weighted by molar-refractivity contribution is -0.134. The molecule has 22 heteroatoms. The molecule has 0 aromatic rings. The summed E-state index contributed by atoms with van der Waals surface area (Å²) >= 11 is 0. The summed E-state index contributed by atoms with van der Waals surface area (Å²) in [5.41, 5.74) is 19.8. The van der Waals surface area contributed by atoms with Crippen molar-refractivity contribution >= 4 is 70.4 Å². The summed E-state index contributed by atoms with van der Waals surface area (Å²) in [5, 5.41) is 16.1. The number of nitrogens with two attached hydrogens (primary N) is 4. The lowest BCUT2D eigenvalue weighted by atomic mass is 9.78. The van der Waals surface area contributed by atoms with E-state index in [1.165, 1.54) is 13.8 Å². The Labute approximate surface area is 642 Å². The van der Waals surface area contributed by atoms with E-state index in [-0.39, 0.29) is 113 Å². The van der Waals surface area contributed by atoms with Crippen LogP contribution in [0.3, 0.4) is 0 Å². The summed E-state index contributed by atoms with van der Waals surface area (Å²) in [4.78, 5) is 142. The predicted molar refractivity (Wildman–Crippen MR) is 438 cm³/mol. The maximum Gasteiger partial charge on any atom is 0.312 e. The number of nitrogens with one attached hydrogen (secondary N) is 6. The molecule has 0 saturated heterocycles. The number of rotatable bonds is 35. The lowest BCUT2D eigenvalue weighted by Gasteiger charge is -2.27. The average molecular weight is 1500 g/mol. The molecule has 8 unspecified atom stereocenters. The standard InChI is InChI=1S/C18H34N2O3.C17H32N2O3.2C16H31N3O3.4C4H10/c1-12(2)10-15(19)16(22)11-14(17(23)18(4,5)6)8-7-9-20-13(3)21;1-11(2)15(18)14(21)10-13(16(22)17(4,5)6)8-7-9-19-12(3)20;2*1-10(2)11(3)14(21)19-12(13(20)16(4,5)6)8-7-9-18-15(17)22;4*1-4(2)3/h12,14-15H,7-11,19H2,1-6H3,(H,20,21);11,13,15H,7-10,18H2,1-6H3,(H,19,20);2*10-12H,7-9H2,1-6H3,(H,19,21)(H3,17,18,22);4*4H,1-3H3. The molecule has 0 spiro atoms. The van der Waals surface area contributed by atoms with Gasteiger partial charge in [-0.2, -0.15) is 0 Å². The molecule has 0 rings (SSSR count). The van der Waals surface area contributed by atoms with Crippen molar-refractivity contribution in [2.24, 2.45) is 116 Å². The van der Waals surface area contributed by atoms with Gasteiger partial charge in [0.2, 0.25) is 23.6 Å². The second-order valence-corrected chi connectivity index (χ2v) is 36.4. The molecule has 0 aliphatic rings.